The molecule has 0 atom stereocenters. The van der Waals surface area contributed by atoms with Gasteiger partial charge in [-0.15, -0.1) is 0 Å². The summed E-state index contributed by atoms with van der Waals surface area (Å²) in [6.07, 6.45) is 8.07. The van der Waals surface area contributed by atoms with Crippen LogP contribution in [0.15, 0.2) is 54.6 Å². The summed E-state index contributed by atoms with van der Waals surface area (Å²) in [6.45, 7) is 5.32. The van der Waals surface area contributed by atoms with Gasteiger partial charge in [-0.1, -0.05) is 45.2 Å². The fourth-order valence-electron chi connectivity index (χ4n) is 2.58. The minimum Gasteiger partial charge on any atom is -0.494 e. The Bertz CT molecular complexity index is 806. The lowest BCUT2D eigenvalue weighted by Crippen LogP contribution is -2.06. The normalized spacial score (nSPS) is 10.7. The Morgan fingerprint density at radius 3 is 2.13 bits per heavy atom. The maximum Gasteiger partial charge on any atom is 0.338 e. The highest BCUT2D eigenvalue weighted by molar-refractivity contribution is 5.91. The Morgan fingerprint density at radius 2 is 1.47 bits per heavy atom. The molecule has 0 saturated carbocycles. The van der Waals surface area contributed by atoms with Crippen LogP contribution in [-0.2, 0) is 9.53 Å². The van der Waals surface area contributed by atoms with E-state index in [0.29, 0.717) is 24.5 Å². The maximum absolute atomic E-state index is 12.0. The van der Waals surface area contributed by atoms with Crippen molar-refractivity contribution in [1.29, 1.82) is 0 Å². The van der Waals surface area contributed by atoms with Gasteiger partial charge in [-0.25, -0.2) is 9.59 Å². The van der Waals surface area contributed by atoms with Gasteiger partial charge in [0.15, 0.2) is 0 Å². The first-order chi connectivity index (χ1) is 14.6. The van der Waals surface area contributed by atoms with Crippen LogP contribution in [-0.4, -0.2) is 25.2 Å². The third-order valence-corrected chi connectivity index (χ3v) is 4.35. The Morgan fingerprint density at radius 1 is 0.800 bits per heavy atom. The van der Waals surface area contributed by atoms with Crippen LogP contribution in [0, 0.1) is 0 Å². The molecule has 0 aliphatic heterocycles. The van der Waals surface area contributed by atoms with Gasteiger partial charge < -0.3 is 14.2 Å². The number of rotatable bonds is 12. The Labute approximate surface area is 178 Å². The molecule has 5 heteroatoms. The van der Waals surface area contributed by atoms with Crippen molar-refractivity contribution < 1.29 is 23.8 Å². The van der Waals surface area contributed by atoms with E-state index < -0.39 is 5.97 Å². The van der Waals surface area contributed by atoms with Crippen molar-refractivity contribution >= 4 is 18.0 Å². The van der Waals surface area contributed by atoms with Crippen molar-refractivity contribution in [3.8, 4) is 11.5 Å². The molecule has 2 rings (SSSR count). The quantitative estimate of drug-likeness (QED) is 0.191. The molecule has 0 spiro atoms. The molecule has 0 radical (unpaired) electrons. The first-order valence-corrected chi connectivity index (χ1v) is 10.5. The topological polar surface area (TPSA) is 61.8 Å². The zero-order chi connectivity index (χ0) is 21.6. The lowest BCUT2D eigenvalue weighted by Gasteiger charge is -2.06. The van der Waals surface area contributed by atoms with E-state index in [0.717, 1.165) is 43.4 Å². The minimum absolute atomic E-state index is 0.330. The molecule has 0 N–H and O–H groups in total. The first kappa shape index (κ1) is 23.2. The van der Waals surface area contributed by atoms with E-state index >= 15 is 0 Å². The number of hydrogen-bond donors (Lipinski definition) is 0. The molecule has 2 aromatic rings. The van der Waals surface area contributed by atoms with Gasteiger partial charge in [0.1, 0.15) is 11.5 Å². The molecule has 0 saturated heterocycles. The number of carbonyl (C=O) groups is 2. The Hall–Kier alpha value is -3.08. The lowest BCUT2D eigenvalue weighted by atomic mass is 10.1. The summed E-state index contributed by atoms with van der Waals surface area (Å²) in [5.74, 6) is 0.397. The van der Waals surface area contributed by atoms with Crippen molar-refractivity contribution in [2.24, 2.45) is 0 Å². The summed E-state index contributed by atoms with van der Waals surface area (Å²) in [5.41, 5.74) is 1.28. The molecule has 0 bridgehead atoms. The van der Waals surface area contributed by atoms with Crippen molar-refractivity contribution in [3.05, 3.63) is 65.7 Å². The number of benzene rings is 2. The molecular weight excluding hydrogens is 380 g/mol. The lowest BCUT2D eigenvalue weighted by molar-refractivity contribution is -0.128. The Kier molecular flexibility index (Phi) is 10.2. The first-order valence-electron chi connectivity index (χ1n) is 10.5. The maximum atomic E-state index is 12.0. The van der Waals surface area contributed by atoms with E-state index in [2.05, 4.69) is 13.8 Å². The molecule has 160 valence electrons. The highest BCUT2D eigenvalue weighted by Gasteiger charge is 2.06. The van der Waals surface area contributed by atoms with Crippen molar-refractivity contribution in [3.63, 3.8) is 0 Å². The third-order valence-electron chi connectivity index (χ3n) is 4.35. The summed E-state index contributed by atoms with van der Waals surface area (Å²) in [4.78, 5) is 24.0. The van der Waals surface area contributed by atoms with Crippen molar-refractivity contribution in [1.82, 2.24) is 0 Å². The monoisotopic (exact) mass is 410 g/mol. The van der Waals surface area contributed by atoms with Gasteiger partial charge in [-0.2, -0.15) is 0 Å². The average molecular weight is 411 g/mol. The van der Waals surface area contributed by atoms with Crippen LogP contribution in [0.2, 0.25) is 0 Å². The van der Waals surface area contributed by atoms with Crippen LogP contribution in [0.4, 0.5) is 0 Å². The van der Waals surface area contributed by atoms with E-state index in [4.69, 9.17) is 14.2 Å². The van der Waals surface area contributed by atoms with Gasteiger partial charge in [0.2, 0.25) is 0 Å². The van der Waals surface area contributed by atoms with E-state index in [1.807, 2.05) is 0 Å². The van der Waals surface area contributed by atoms with Crippen LogP contribution in [0.5, 0.6) is 11.5 Å². The zero-order valence-corrected chi connectivity index (χ0v) is 17.8. The number of ether oxygens (including phenoxy) is 3. The predicted molar refractivity (Wildman–Crippen MR) is 118 cm³/mol. The molecule has 2 aromatic carbocycles. The fraction of sp³-hybridized carbons (Fsp3) is 0.360. The fourth-order valence-corrected chi connectivity index (χ4v) is 2.58. The minimum atomic E-state index is -0.478. The molecule has 0 aromatic heterocycles. The molecule has 0 unspecified atom stereocenters. The number of esters is 2. The largest absolute Gasteiger partial charge is 0.494 e. The van der Waals surface area contributed by atoms with Gasteiger partial charge in [-0.05, 0) is 60.9 Å². The van der Waals surface area contributed by atoms with Crippen LogP contribution in [0.3, 0.4) is 0 Å². The van der Waals surface area contributed by atoms with Crippen LogP contribution < -0.4 is 9.47 Å². The van der Waals surface area contributed by atoms with E-state index in [9.17, 15) is 9.59 Å². The second-order valence-corrected chi connectivity index (χ2v) is 6.89. The van der Waals surface area contributed by atoms with Crippen LogP contribution in [0.1, 0.15) is 61.9 Å². The predicted octanol–water partition coefficient (Wildman–Crippen LogP) is 5.83. The number of hydrogen-bond acceptors (Lipinski definition) is 5. The van der Waals surface area contributed by atoms with Gasteiger partial charge >= 0.3 is 11.9 Å². The zero-order valence-electron chi connectivity index (χ0n) is 17.8. The molecule has 0 aliphatic rings. The average Bonchev–Trinajstić information content (AvgIpc) is 2.77. The molecule has 30 heavy (non-hydrogen) atoms. The molecule has 5 nitrogen and oxygen atoms in total. The van der Waals surface area contributed by atoms with Crippen LogP contribution >= 0.6 is 0 Å². The molecule has 0 fully saturated rings. The Balaban J connectivity index is 1.80. The summed E-state index contributed by atoms with van der Waals surface area (Å²) < 4.78 is 16.1. The van der Waals surface area contributed by atoms with Gasteiger partial charge in [0.05, 0.1) is 18.8 Å². The smallest absolute Gasteiger partial charge is 0.338 e. The van der Waals surface area contributed by atoms with Crippen molar-refractivity contribution in [2.45, 2.75) is 46.0 Å². The molecule has 0 amide bonds. The summed E-state index contributed by atoms with van der Waals surface area (Å²) in [6, 6.07) is 13.9. The summed E-state index contributed by atoms with van der Waals surface area (Å²) in [7, 11) is 0. The molecule has 0 aliphatic carbocycles. The van der Waals surface area contributed by atoms with E-state index in [-0.39, 0.29) is 5.97 Å². The van der Waals surface area contributed by atoms with E-state index in [1.54, 1.807) is 54.6 Å². The number of carbonyl (C=O) groups excluding carboxylic acids is 2. The van der Waals surface area contributed by atoms with Crippen molar-refractivity contribution in [2.75, 3.05) is 13.2 Å². The standard InChI is InChI=1S/C25H30O5/c1-3-5-7-19-29-25(27)21-11-8-20(9-12-21)10-17-24(26)30-23-15-13-22(14-16-23)28-18-6-4-2/h8-17H,3-7,18-19H2,1-2H3. The SMILES string of the molecule is CCCCCOC(=O)c1ccc(C=CC(=O)Oc2ccc(OCCCC)cc2)cc1. The highest BCUT2D eigenvalue weighted by Crippen LogP contribution is 2.18. The highest BCUT2D eigenvalue weighted by atomic mass is 16.5. The molecular formula is C25H30O5. The second kappa shape index (κ2) is 13.2. The van der Waals surface area contributed by atoms with Gasteiger partial charge in [-0.3, -0.25) is 0 Å². The molecule has 0 heterocycles. The third kappa shape index (κ3) is 8.52. The van der Waals surface area contributed by atoms with Gasteiger partial charge in [0.25, 0.3) is 0 Å². The van der Waals surface area contributed by atoms with E-state index in [1.165, 1.54) is 6.08 Å². The summed E-state index contributed by atoms with van der Waals surface area (Å²) >= 11 is 0. The second-order valence-electron chi connectivity index (χ2n) is 6.89. The number of unbranched alkanes of at least 4 members (excludes halogenated alkanes) is 3. The van der Waals surface area contributed by atoms with Gasteiger partial charge in [0, 0.05) is 6.08 Å². The van der Waals surface area contributed by atoms with Crippen LogP contribution in [0.25, 0.3) is 6.08 Å². The summed E-state index contributed by atoms with van der Waals surface area (Å²) in [5, 5.41) is 0.